The summed E-state index contributed by atoms with van der Waals surface area (Å²) in [5.74, 6) is 0. The minimum absolute atomic E-state index is 0.113. The van der Waals surface area contributed by atoms with E-state index >= 15 is 0 Å². The van der Waals surface area contributed by atoms with E-state index in [4.69, 9.17) is 4.84 Å². The van der Waals surface area contributed by atoms with Crippen molar-refractivity contribution in [3.8, 4) is 0 Å². The smallest absolute Gasteiger partial charge is 0.421 e. The van der Waals surface area contributed by atoms with Crippen LogP contribution in [-0.4, -0.2) is 38.7 Å². The zero-order valence-electron chi connectivity index (χ0n) is 8.43. The molecule has 0 saturated carbocycles. The van der Waals surface area contributed by atoms with Crippen LogP contribution in [0.4, 0.5) is 4.79 Å². The molecule has 15 heavy (non-hydrogen) atoms. The molecule has 0 aliphatic carbocycles. The fourth-order valence-corrected chi connectivity index (χ4v) is 2.03. The van der Waals surface area contributed by atoms with Crippen molar-refractivity contribution in [3.05, 3.63) is 0 Å². The topological polar surface area (TPSA) is 84.9 Å². The van der Waals surface area contributed by atoms with Crippen molar-refractivity contribution in [2.45, 2.75) is 19.8 Å². The summed E-state index contributed by atoms with van der Waals surface area (Å²) in [7, 11) is -3.92. The fourth-order valence-electron chi connectivity index (χ4n) is 1.08. The Kier molecular flexibility index (Phi) is 4.30. The third-order valence-electron chi connectivity index (χ3n) is 1.73. The molecule has 1 saturated heterocycles. The highest BCUT2D eigenvalue weighted by Crippen LogP contribution is 2.09. The number of carbonyl (C=O) groups is 1. The number of nitrogens with zero attached hydrogens (tertiary/aromatic N) is 1. The van der Waals surface area contributed by atoms with Crippen molar-refractivity contribution < 1.29 is 22.8 Å². The van der Waals surface area contributed by atoms with E-state index in [1.54, 1.807) is 11.6 Å². The second kappa shape index (κ2) is 5.29. The highest BCUT2D eigenvalue weighted by molar-refractivity contribution is 7.87. The van der Waals surface area contributed by atoms with Gasteiger partial charge in [0.05, 0.1) is 13.2 Å². The number of nitrogens with one attached hydrogen (secondary N) is 1. The Hall–Kier alpha value is -0.860. The first-order chi connectivity index (χ1) is 7.06. The van der Waals surface area contributed by atoms with Crippen LogP contribution in [0.5, 0.6) is 0 Å². The van der Waals surface area contributed by atoms with Gasteiger partial charge in [0.15, 0.2) is 0 Å². The molecular formula is C7H14N2O5S. The molecule has 8 heteroatoms. The lowest BCUT2D eigenvalue weighted by Crippen LogP contribution is -2.45. The Morgan fingerprint density at radius 2 is 2.27 bits per heavy atom. The molecule has 1 aliphatic heterocycles. The van der Waals surface area contributed by atoms with Gasteiger partial charge in [0.25, 0.3) is 0 Å². The summed E-state index contributed by atoms with van der Waals surface area (Å²) in [6.45, 7) is 2.28. The lowest BCUT2D eigenvalue weighted by molar-refractivity contribution is -0.109. The van der Waals surface area contributed by atoms with Gasteiger partial charge < -0.3 is 4.74 Å². The first kappa shape index (κ1) is 12.2. The molecule has 1 heterocycles. The summed E-state index contributed by atoms with van der Waals surface area (Å²) >= 11 is 0. The molecule has 1 aliphatic rings. The third kappa shape index (κ3) is 3.65. The quantitative estimate of drug-likeness (QED) is 0.748. The lowest BCUT2D eigenvalue weighted by atomic mass is 10.3. The van der Waals surface area contributed by atoms with E-state index < -0.39 is 16.3 Å². The highest BCUT2D eigenvalue weighted by atomic mass is 32.2. The summed E-state index contributed by atoms with van der Waals surface area (Å²) in [5, 5.41) is 0. The van der Waals surface area contributed by atoms with Gasteiger partial charge in [0.1, 0.15) is 0 Å². The molecule has 1 fully saturated rings. The largest absolute Gasteiger partial charge is 0.449 e. The van der Waals surface area contributed by atoms with Gasteiger partial charge in [-0.3, -0.25) is 4.84 Å². The van der Waals surface area contributed by atoms with Crippen LogP contribution >= 0.6 is 0 Å². The molecule has 0 aromatic rings. The normalized spacial score (nSPS) is 18.5. The average molecular weight is 238 g/mol. The Labute approximate surface area is 88.5 Å². The van der Waals surface area contributed by atoms with E-state index in [2.05, 4.69) is 4.74 Å². The lowest BCUT2D eigenvalue weighted by Gasteiger charge is -2.24. The van der Waals surface area contributed by atoms with E-state index in [0.29, 0.717) is 13.0 Å². The SMILES string of the molecule is CCOC(=O)NS(=O)(=O)N1CCCCO1. The first-order valence-electron chi connectivity index (χ1n) is 4.66. The van der Waals surface area contributed by atoms with Crippen LogP contribution in [0.3, 0.4) is 0 Å². The highest BCUT2D eigenvalue weighted by Gasteiger charge is 2.27. The minimum atomic E-state index is -3.92. The molecule has 1 rings (SSSR count). The maximum absolute atomic E-state index is 11.5. The fraction of sp³-hybridized carbons (Fsp3) is 0.857. The number of hydroxylamine groups is 1. The Morgan fingerprint density at radius 1 is 1.53 bits per heavy atom. The van der Waals surface area contributed by atoms with Gasteiger partial charge in [-0.2, -0.15) is 8.42 Å². The molecule has 7 nitrogen and oxygen atoms in total. The number of amides is 1. The van der Waals surface area contributed by atoms with Crippen molar-refractivity contribution in [2.24, 2.45) is 0 Å². The molecule has 0 atom stereocenters. The van der Waals surface area contributed by atoms with Crippen molar-refractivity contribution in [2.75, 3.05) is 19.8 Å². The predicted octanol–water partition coefficient (Wildman–Crippen LogP) is 0.00470. The van der Waals surface area contributed by atoms with Gasteiger partial charge in [0.2, 0.25) is 0 Å². The van der Waals surface area contributed by atoms with E-state index in [-0.39, 0.29) is 13.2 Å². The maximum Gasteiger partial charge on any atom is 0.421 e. The van der Waals surface area contributed by atoms with Crippen LogP contribution in [0, 0.1) is 0 Å². The van der Waals surface area contributed by atoms with Gasteiger partial charge >= 0.3 is 16.3 Å². The van der Waals surface area contributed by atoms with E-state index in [0.717, 1.165) is 10.9 Å². The van der Waals surface area contributed by atoms with E-state index in [1.807, 2.05) is 0 Å². The van der Waals surface area contributed by atoms with Crippen molar-refractivity contribution >= 4 is 16.3 Å². The van der Waals surface area contributed by atoms with Crippen LogP contribution in [0.2, 0.25) is 0 Å². The number of hydrogen-bond acceptors (Lipinski definition) is 5. The molecule has 1 amide bonds. The van der Waals surface area contributed by atoms with Crippen LogP contribution in [-0.2, 0) is 19.8 Å². The summed E-state index contributed by atoms with van der Waals surface area (Å²) in [5.41, 5.74) is 0. The van der Waals surface area contributed by atoms with Crippen molar-refractivity contribution in [1.82, 2.24) is 9.19 Å². The van der Waals surface area contributed by atoms with Crippen LogP contribution in [0.1, 0.15) is 19.8 Å². The number of ether oxygens (including phenoxy) is 1. The summed E-state index contributed by atoms with van der Waals surface area (Å²) < 4.78 is 29.9. The standard InChI is InChI=1S/C7H14N2O5S/c1-2-13-7(10)8-15(11,12)9-5-3-4-6-14-9/h2-6H2,1H3,(H,8,10). The molecule has 0 aromatic carbocycles. The van der Waals surface area contributed by atoms with Gasteiger partial charge in [0, 0.05) is 6.54 Å². The second-order valence-electron chi connectivity index (χ2n) is 2.89. The molecule has 1 N–H and O–H groups in total. The molecule has 0 bridgehead atoms. The molecule has 0 radical (unpaired) electrons. The van der Waals surface area contributed by atoms with Crippen LogP contribution < -0.4 is 4.72 Å². The van der Waals surface area contributed by atoms with Gasteiger partial charge in [-0.05, 0) is 19.8 Å². The van der Waals surface area contributed by atoms with E-state index in [1.165, 1.54) is 0 Å². The molecule has 0 spiro atoms. The third-order valence-corrected chi connectivity index (χ3v) is 2.97. The van der Waals surface area contributed by atoms with Gasteiger partial charge in [-0.1, -0.05) is 4.47 Å². The maximum atomic E-state index is 11.5. The Balaban J connectivity index is 2.53. The number of rotatable bonds is 3. The van der Waals surface area contributed by atoms with E-state index in [9.17, 15) is 13.2 Å². The summed E-state index contributed by atoms with van der Waals surface area (Å²) in [6, 6.07) is 0. The Bertz CT molecular complexity index is 309. The molecule has 88 valence electrons. The minimum Gasteiger partial charge on any atom is -0.449 e. The summed E-state index contributed by atoms with van der Waals surface area (Å²) in [6.07, 6.45) is 0.529. The second-order valence-corrected chi connectivity index (χ2v) is 4.46. The van der Waals surface area contributed by atoms with Crippen LogP contribution in [0.15, 0.2) is 0 Å². The molecular weight excluding hydrogens is 224 g/mol. The first-order valence-corrected chi connectivity index (χ1v) is 6.10. The zero-order valence-corrected chi connectivity index (χ0v) is 9.25. The van der Waals surface area contributed by atoms with Gasteiger partial charge in [-0.15, -0.1) is 0 Å². The molecule has 0 unspecified atom stereocenters. The predicted molar refractivity (Wildman–Crippen MR) is 51.0 cm³/mol. The van der Waals surface area contributed by atoms with Crippen molar-refractivity contribution in [1.29, 1.82) is 0 Å². The zero-order chi connectivity index (χ0) is 11.3. The monoisotopic (exact) mass is 238 g/mol. The number of hydrogen-bond donors (Lipinski definition) is 1. The van der Waals surface area contributed by atoms with Crippen LogP contribution in [0.25, 0.3) is 0 Å². The number of carbonyl (C=O) groups excluding carboxylic acids is 1. The van der Waals surface area contributed by atoms with Crippen molar-refractivity contribution in [3.63, 3.8) is 0 Å². The average Bonchev–Trinajstić information content (AvgIpc) is 2.18. The van der Waals surface area contributed by atoms with Gasteiger partial charge in [-0.25, -0.2) is 9.52 Å². The Morgan fingerprint density at radius 3 is 2.80 bits per heavy atom. The summed E-state index contributed by atoms with van der Waals surface area (Å²) in [4.78, 5) is 15.8. The molecule has 0 aromatic heterocycles.